The molecule has 3 heteroatoms. The molecule has 0 spiro atoms. The van der Waals surface area contributed by atoms with E-state index in [1.807, 2.05) is 24.3 Å². The Morgan fingerprint density at radius 2 is 2.11 bits per heavy atom. The van der Waals surface area contributed by atoms with Crippen molar-refractivity contribution in [3.8, 4) is 0 Å². The fraction of sp³-hybridized carbons (Fsp3) is 0.625. The number of anilines is 1. The Morgan fingerprint density at radius 3 is 2.89 bits per heavy atom. The highest BCUT2D eigenvalue weighted by Gasteiger charge is 2.15. The first-order valence-corrected chi connectivity index (χ1v) is 7.88. The lowest BCUT2D eigenvalue weighted by atomic mass is 9.98. The van der Waals surface area contributed by atoms with E-state index >= 15 is 0 Å². The van der Waals surface area contributed by atoms with Crippen molar-refractivity contribution in [3.05, 3.63) is 29.3 Å². The van der Waals surface area contributed by atoms with Crippen LogP contribution in [0.25, 0.3) is 0 Å². The van der Waals surface area contributed by atoms with E-state index in [1.165, 1.54) is 38.8 Å². The first kappa shape index (κ1) is 14.7. The van der Waals surface area contributed by atoms with Crippen molar-refractivity contribution < 1.29 is 0 Å². The Balaban J connectivity index is 1.72. The van der Waals surface area contributed by atoms with Gasteiger partial charge in [0.1, 0.15) is 0 Å². The Bertz CT molecular complexity index is 381. The largest absolute Gasteiger partial charge is 0.383 e. The third kappa shape index (κ3) is 4.70. The lowest BCUT2D eigenvalue weighted by Crippen LogP contribution is -2.30. The van der Waals surface area contributed by atoms with E-state index in [0.29, 0.717) is 0 Å². The van der Waals surface area contributed by atoms with Crippen LogP contribution in [0.4, 0.5) is 5.69 Å². The molecule has 0 aromatic heterocycles. The second-order valence-corrected chi connectivity index (χ2v) is 5.86. The summed E-state index contributed by atoms with van der Waals surface area (Å²) in [5.74, 6) is 0.946. The average Bonchev–Trinajstić information content (AvgIpc) is 2.66. The van der Waals surface area contributed by atoms with Crippen LogP contribution in [0.5, 0.6) is 0 Å². The molecule has 1 unspecified atom stereocenters. The molecule has 1 fully saturated rings. The molecule has 1 N–H and O–H groups in total. The molecule has 0 amide bonds. The van der Waals surface area contributed by atoms with Gasteiger partial charge in [-0.1, -0.05) is 37.1 Å². The number of hydrogen-bond donors (Lipinski definition) is 1. The molecular formula is C16H25ClN2. The first-order valence-electron chi connectivity index (χ1n) is 7.50. The maximum atomic E-state index is 6.13. The van der Waals surface area contributed by atoms with Crippen molar-refractivity contribution in [1.29, 1.82) is 0 Å². The van der Waals surface area contributed by atoms with Gasteiger partial charge in [0.05, 0.1) is 10.7 Å². The lowest BCUT2D eigenvalue weighted by molar-refractivity contribution is 0.290. The molecule has 1 atom stereocenters. The third-order valence-corrected chi connectivity index (χ3v) is 4.46. The summed E-state index contributed by atoms with van der Waals surface area (Å²) >= 11 is 6.13. The predicted molar refractivity (Wildman–Crippen MR) is 84.0 cm³/mol. The van der Waals surface area contributed by atoms with Crippen molar-refractivity contribution in [1.82, 2.24) is 4.90 Å². The molecule has 0 radical (unpaired) electrons. The summed E-state index contributed by atoms with van der Waals surface area (Å²) in [7, 11) is 0. The topological polar surface area (TPSA) is 15.3 Å². The molecule has 1 aliphatic rings. The Labute approximate surface area is 122 Å². The van der Waals surface area contributed by atoms with Gasteiger partial charge in [-0.25, -0.2) is 0 Å². The minimum absolute atomic E-state index is 0.810. The molecule has 1 heterocycles. The van der Waals surface area contributed by atoms with Gasteiger partial charge in [0.2, 0.25) is 0 Å². The molecule has 19 heavy (non-hydrogen) atoms. The molecule has 0 bridgehead atoms. The summed E-state index contributed by atoms with van der Waals surface area (Å²) in [6, 6.07) is 7.96. The van der Waals surface area contributed by atoms with Crippen LogP contribution >= 0.6 is 11.6 Å². The van der Waals surface area contributed by atoms with Gasteiger partial charge in [-0.15, -0.1) is 0 Å². The third-order valence-electron chi connectivity index (χ3n) is 4.13. The number of nitrogens with zero attached hydrogens (tertiary/aromatic N) is 1. The summed E-state index contributed by atoms with van der Waals surface area (Å²) in [4.78, 5) is 2.58. The summed E-state index contributed by atoms with van der Waals surface area (Å²) in [6.07, 6.45) is 5.46. The van der Waals surface area contributed by atoms with Crippen LogP contribution in [0.3, 0.4) is 0 Å². The Morgan fingerprint density at radius 1 is 1.26 bits per heavy atom. The van der Waals surface area contributed by atoms with E-state index in [4.69, 9.17) is 11.6 Å². The van der Waals surface area contributed by atoms with Gasteiger partial charge < -0.3 is 10.2 Å². The van der Waals surface area contributed by atoms with Crippen LogP contribution < -0.4 is 5.32 Å². The second-order valence-electron chi connectivity index (χ2n) is 5.45. The molecule has 1 aromatic carbocycles. The minimum atomic E-state index is 0.810. The van der Waals surface area contributed by atoms with Crippen molar-refractivity contribution in [2.45, 2.75) is 32.6 Å². The average molecular weight is 281 g/mol. The molecule has 2 nitrogen and oxygen atoms in total. The van der Waals surface area contributed by atoms with E-state index in [0.717, 1.165) is 29.7 Å². The maximum absolute atomic E-state index is 6.13. The normalized spacial score (nSPS) is 21.1. The Kier molecular flexibility index (Phi) is 5.99. The van der Waals surface area contributed by atoms with Gasteiger partial charge in [-0.3, -0.25) is 0 Å². The summed E-state index contributed by atoms with van der Waals surface area (Å²) < 4.78 is 0. The molecule has 106 valence electrons. The zero-order chi connectivity index (χ0) is 13.5. The zero-order valence-electron chi connectivity index (χ0n) is 11.9. The zero-order valence-corrected chi connectivity index (χ0v) is 12.6. The van der Waals surface area contributed by atoms with Crippen molar-refractivity contribution >= 4 is 17.3 Å². The monoisotopic (exact) mass is 280 g/mol. The summed E-state index contributed by atoms with van der Waals surface area (Å²) in [5.41, 5.74) is 1.05. The van der Waals surface area contributed by atoms with E-state index in [2.05, 4.69) is 17.1 Å². The predicted octanol–water partition coefficient (Wildman–Crippen LogP) is 4.26. The molecule has 1 aromatic rings. The van der Waals surface area contributed by atoms with Gasteiger partial charge in [0.15, 0.2) is 0 Å². The number of halogens is 1. The second kappa shape index (κ2) is 7.76. The smallest absolute Gasteiger partial charge is 0.0637 e. The van der Waals surface area contributed by atoms with Crippen molar-refractivity contribution in [3.63, 3.8) is 0 Å². The van der Waals surface area contributed by atoms with Crippen LogP contribution in [0, 0.1) is 5.92 Å². The van der Waals surface area contributed by atoms with Crippen LogP contribution in [0.15, 0.2) is 24.3 Å². The van der Waals surface area contributed by atoms with Crippen LogP contribution in [0.2, 0.25) is 5.02 Å². The van der Waals surface area contributed by atoms with E-state index in [9.17, 15) is 0 Å². The molecular weight excluding hydrogens is 256 g/mol. The number of para-hydroxylation sites is 1. The van der Waals surface area contributed by atoms with Gasteiger partial charge in [0, 0.05) is 13.1 Å². The van der Waals surface area contributed by atoms with E-state index in [1.54, 1.807) is 0 Å². The molecule has 0 saturated carbocycles. The fourth-order valence-corrected chi connectivity index (χ4v) is 3.01. The molecule has 1 saturated heterocycles. The SMILES string of the molecule is CCC1CCCN(CCNc2ccccc2Cl)CC1. The first-order chi connectivity index (χ1) is 9.29. The fourth-order valence-electron chi connectivity index (χ4n) is 2.81. The highest BCUT2D eigenvalue weighted by molar-refractivity contribution is 6.33. The van der Waals surface area contributed by atoms with Crippen LogP contribution in [-0.2, 0) is 0 Å². The van der Waals surface area contributed by atoms with Crippen LogP contribution in [0.1, 0.15) is 32.6 Å². The highest BCUT2D eigenvalue weighted by Crippen LogP contribution is 2.21. The molecule has 2 rings (SSSR count). The molecule has 1 aliphatic heterocycles. The number of likely N-dealkylation sites (tertiary alicyclic amines) is 1. The lowest BCUT2D eigenvalue weighted by Gasteiger charge is -2.20. The number of rotatable bonds is 5. The summed E-state index contributed by atoms with van der Waals surface area (Å²) in [5, 5.41) is 4.24. The Hall–Kier alpha value is -0.730. The minimum Gasteiger partial charge on any atom is -0.383 e. The van der Waals surface area contributed by atoms with Gasteiger partial charge in [0.25, 0.3) is 0 Å². The highest BCUT2D eigenvalue weighted by atomic mass is 35.5. The van der Waals surface area contributed by atoms with E-state index < -0.39 is 0 Å². The van der Waals surface area contributed by atoms with E-state index in [-0.39, 0.29) is 0 Å². The van der Waals surface area contributed by atoms with Crippen molar-refractivity contribution in [2.75, 3.05) is 31.5 Å². The van der Waals surface area contributed by atoms with Crippen molar-refractivity contribution in [2.24, 2.45) is 5.92 Å². The van der Waals surface area contributed by atoms with Gasteiger partial charge in [-0.05, 0) is 50.4 Å². The molecule has 0 aliphatic carbocycles. The van der Waals surface area contributed by atoms with Gasteiger partial charge >= 0.3 is 0 Å². The van der Waals surface area contributed by atoms with Crippen LogP contribution in [-0.4, -0.2) is 31.1 Å². The quantitative estimate of drug-likeness (QED) is 0.867. The summed E-state index contributed by atoms with van der Waals surface area (Å²) in [6.45, 7) is 6.91. The maximum Gasteiger partial charge on any atom is 0.0637 e. The number of hydrogen-bond acceptors (Lipinski definition) is 2. The number of nitrogens with one attached hydrogen (secondary N) is 1. The van der Waals surface area contributed by atoms with Gasteiger partial charge in [-0.2, -0.15) is 0 Å². The standard InChI is InChI=1S/C16H25ClN2/c1-2-14-6-5-11-19(12-9-14)13-10-18-16-8-4-3-7-15(16)17/h3-4,7-8,14,18H,2,5-6,9-13H2,1H3. The number of benzene rings is 1.